The minimum Gasteiger partial charge on any atom is -0.478 e. The molecule has 3 rings (SSSR count). The highest BCUT2D eigenvalue weighted by Gasteiger charge is 2.07. The molecular weight excluding hydrogens is 258 g/mol. The summed E-state index contributed by atoms with van der Waals surface area (Å²) in [4.78, 5) is 16.1. The van der Waals surface area contributed by atoms with Crippen LogP contribution in [0.1, 0.15) is 15.9 Å². The van der Waals surface area contributed by atoms with E-state index in [0.29, 0.717) is 0 Å². The zero-order valence-electron chi connectivity index (χ0n) is 10.3. The molecule has 0 saturated carbocycles. The number of hydrogen-bond acceptors (Lipinski definition) is 3. The summed E-state index contributed by atoms with van der Waals surface area (Å²) in [5.74, 6) is -0.953. The molecule has 2 heterocycles. The lowest BCUT2D eigenvalue weighted by atomic mass is 10.2. The lowest BCUT2D eigenvalue weighted by Crippen LogP contribution is -1.96. The Bertz CT molecular complexity index is 759. The third-order valence-corrected chi connectivity index (χ3v) is 4.06. The van der Waals surface area contributed by atoms with Gasteiger partial charge in [-0.1, -0.05) is 12.1 Å². The number of aromatic nitrogens is 1. The molecule has 0 aliphatic carbocycles. The maximum Gasteiger partial charge on any atom is 0.337 e. The van der Waals surface area contributed by atoms with Crippen molar-refractivity contribution in [2.24, 2.45) is 0 Å². The second-order valence-corrected chi connectivity index (χ2v) is 5.47. The monoisotopic (exact) mass is 269 g/mol. The number of aryl methyl sites for hydroxylation is 1. The van der Waals surface area contributed by atoms with E-state index in [0.717, 1.165) is 10.6 Å². The Hall–Kier alpha value is -2.20. The number of carboxylic acids is 1. The average Bonchev–Trinajstić information content (AvgIpc) is 2.81. The molecule has 3 aromatic rings. The van der Waals surface area contributed by atoms with E-state index in [1.165, 1.54) is 21.8 Å². The fourth-order valence-electron chi connectivity index (χ4n) is 1.93. The molecule has 0 amide bonds. The molecule has 0 radical (unpaired) electrons. The van der Waals surface area contributed by atoms with E-state index >= 15 is 0 Å². The first kappa shape index (κ1) is 11.9. The van der Waals surface area contributed by atoms with Crippen molar-refractivity contribution < 1.29 is 9.90 Å². The molecule has 4 heteroatoms. The Labute approximate surface area is 114 Å². The number of fused-ring (bicyclic) bond motifs is 1. The predicted octanol–water partition coefficient (Wildman–Crippen LogP) is 3.97. The number of nitrogens with zero attached hydrogens (tertiary/aromatic N) is 1. The van der Waals surface area contributed by atoms with Crippen molar-refractivity contribution in [2.75, 3.05) is 0 Å². The third kappa shape index (κ3) is 2.22. The molecule has 1 aromatic carbocycles. The molecule has 0 saturated heterocycles. The number of thiophene rings is 1. The number of hydrogen-bond donors (Lipinski definition) is 1. The zero-order chi connectivity index (χ0) is 13.4. The molecule has 2 aromatic heterocycles. The van der Waals surface area contributed by atoms with Crippen LogP contribution in [0.25, 0.3) is 20.7 Å². The minimum atomic E-state index is -0.953. The molecule has 0 aliphatic heterocycles. The van der Waals surface area contributed by atoms with Gasteiger partial charge in [-0.15, -0.1) is 11.3 Å². The van der Waals surface area contributed by atoms with Gasteiger partial charge >= 0.3 is 5.97 Å². The second kappa shape index (κ2) is 4.48. The van der Waals surface area contributed by atoms with Gasteiger partial charge in [-0.3, -0.25) is 4.98 Å². The van der Waals surface area contributed by atoms with Crippen molar-refractivity contribution in [3.63, 3.8) is 0 Å². The van der Waals surface area contributed by atoms with Gasteiger partial charge in [-0.2, -0.15) is 0 Å². The highest BCUT2D eigenvalue weighted by atomic mass is 32.1. The van der Waals surface area contributed by atoms with E-state index < -0.39 is 5.97 Å². The normalized spacial score (nSPS) is 10.8. The summed E-state index contributed by atoms with van der Waals surface area (Å²) in [6.07, 6.45) is 1.40. The molecule has 94 valence electrons. The van der Waals surface area contributed by atoms with Crippen molar-refractivity contribution >= 4 is 27.4 Å². The van der Waals surface area contributed by atoms with Gasteiger partial charge in [0.15, 0.2) is 0 Å². The fourth-order valence-corrected chi connectivity index (χ4v) is 3.07. The van der Waals surface area contributed by atoms with Gasteiger partial charge in [0.2, 0.25) is 0 Å². The Balaban J connectivity index is 2.06. The maximum absolute atomic E-state index is 10.8. The zero-order valence-corrected chi connectivity index (χ0v) is 11.1. The second-order valence-electron chi connectivity index (χ2n) is 4.39. The van der Waals surface area contributed by atoms with Crippen molar-refractivity contribution in [1.29, 1.82) is 0 Å². The van der Waals surface area contributed by atoms with Crippen LogP contribution in [0, 0.1) is 6.92 Å². The Morgan fingerprint density at radius 2 is 2.05 bits per heavy atom. The standard InChI is InChI=1S/C15H11NO2S/c1-9-2-3-10-7-14(19-13(10)6-9)12-5-4-11(8-16-12)15(17)18/h2-8H,1H3,(H,17,18). The van der Waals surface area contributed by atoms with Crippen LogP contribution in [-0.4, -0.2) is 16.1 Å². The van der Waals surface area contributed by atoms with E-state index in [4.69, 9.17) is 5.11 Å². The van der Waals surface area contributed by atoms with Crippen LogP contribution in [0.15, 0.2) is 42.6 Å². The highest BCUT2D eigenvalue weighted by molar-refractivity contribution is 7.22. The van der Waals surface area contributed by atoms with Crippen LogP contribution in [0.5, 0.6) is 0 Å². The first-order valence-corrected chi connectivity index (χ1v) is 6.65. The number of benzene rings is 1. The van der Waals surface area contributed by atoms with E-state index in [9.17, 15) is 4.79 Å². The quantitative estimate of drug-likeness (QED) is 0.765. The van der Waals surface area contributed by atoms with Crippen LogP contribution in [0.2, 0.25) is 0 Å². The molecule has 0 aliphatic rings. The lowest BCUT2D eigenvalue weighted by Gasteiger charge is -1.97. The number of aromatic carboxylic acids is 1. The van der Waals surface area contributed by atoms with Gasteiger partial charge in [0.1, 0.15) is 0 Å². The highest BCUT2D eigenvalue weighted by Crippen LogP contribution is 2.32. The van der Waals surface area contributed by atoms with Crippen LogP contribution in [0.4, 0.5) is 0 Å². The lowest BCUT2D eigenvalue weighted by molar-refractivity contribution is 0.0696. The summed E-state index contributed by atoms with van der Waals surface area (Å²) in [5.41, 5.74) is 2.25. The van der Waals surface area contributed by atoms with Crippen molar-refractivity contribution in [3.8, 4) is 10.6 Å². The molecule has 0 bridgehead atoms. The predicted molar refractivity (Wildman–Crippen MR) is 76.8 cm³/mol. The smallest absolute Gasteiger partial charge is 0.337 e. The molecule has 0 unspecified atom stereocenters. The van der Waals surface area contributed by atoms with Crippen molar-refractivity contribution in [1.82, 2.24) is 4.98 Å². The van der Waals surface area contributed by atoms with Gasteiger partial charge in [0.25, 0.3) is 0 Å². The summed E-state index contributed by atoms with van der Waals surface area (Å²) in [6, 6.07) is 11.7. The Morgan fingerprint density at radius 3 is 2.74 bits per heavy atom. The van der Waals surface area contributed by atoms with Crippen molar-refractivity contribution in [2.45, 2.75) is 6.92 Å². The molecule has 0 atom stereocenters. The van der Waals surface area contributed by atoms with Gasteiger partial charge in [-0.05, 0) is 42.1 Å². The maximum atomic E-state index is 10.8. The molecule has 1 N–H and O–H groups in total. The summed E-state index contributed by atoms with van der Waals surface area (Å²) < 4.78 is 1.22. The van der Waals surface area contributed by atoms with Crippen LogP contribution < -0.4 is 0 Å². The summed E-state index contributed by atoms with van der Waals surface area (Å²) >= 11 is 1.67. The van der Waals surface area contributed by atoms with Gasteiger partial charge in [0.05, 0.1) is 16.1 Å². The molecule has 3 nitrogen and oxygen atoms in total. The van der Waals surface area contributed by atoms with E-state index in [1.54, 1.807) is 23.5 Å². The number of carboxylic acid groups (broad SMARTS) is 1. The van der Waals surface area contributed by atoms with Crippen LogP contribution in [-0.2, 0) is 0 Å². The van der Waals surface area contributed by atoms with Gasteiger partial charge in [-0.25, -0.2) is 4.79 Å². The topological polar surface area (TPSA) is 50.2 Å². The van der Waals surface area contributed by atoms with Crippen LogP contribution >= 0.6 is 11.3 Å². The molecule has 0 spiro atoms. The average molecular weight is 269 g/mol. The Morgan fingerprint density at radius 1 is 1.21 bits per heavy atom. The fraction of sp³-hybridized carbons (Fsp3) is 0.0667. The molecule has 0 fully saturated rings. The Kier molecular flexibility index (Phi) is 2.80. The summed E-state index contributed by atoms with van der Waals surface area (Å²) in [5, 5.41) is 10.0. The first-order valence-electron chi connectivity index (χ1n) is 5.83. The summed E-state index contributed by atoms with van der Waals surface area (Å²) in [7, 11) is 0. The molecule has 19 heavy (non-hydrogen) atoms. The summed E-state index contributed by atoms with van der Waals surface area (Å²) in [6.45, 7) is 2.07. The third-order valence-electron chi connectivity index (χ3n) is 2.94. The SMILES string of the molecule is Cc1ccc2cc(-c3ccc(C(=O)O)cn3)sc2c1. The number of pyridine rings is 1. The molecular formula is C15H11NO2S. The van der Waals surface area contributed by atoms with E-state index in [2.05, 4.69) is 36.2 Å². The van der Waals surface area contributed by atoms with Crippen LogP contribution in [0.3, 0.4) is 0 Å². The minimum absolute atomic E-state index is 0.209. The largest absolute Gasteiger partial charge is 0.478 e. The van der Waals surface area contributed by atoms with Crippen molar-refractivity contribution in [3.05, 3.63) is 53.7 Å². The number of rotatable bonds is 2. The van der Waals surface area contributed by atoms with E-state index in [-0.39, 0.29) is 5.56 Å². The van der Waals surface area contributed by atoms with Gasteiger partial charge < -0.3 is 5.11 Å². The number of carbonyl (C=O) groups is 1. The van der Waals surface area contributed by atoms with E-state index in [1.807, 2.05) is 0 Å². The van der Waals surface area contributed by atoms with Gasteiger partial charge in [0, 0.05) is 10.9 Å². The first-order chi connectivity index (χ1) is 9.13.